The molecule has 2 fully saturated rings. The van der Waals surface area contributed by atoms with Gasteiger partial charge in [0.25, 0.3) is 5.91 Å². The van der Waals surface area contributed by atoms with Crippen LogP contribution in [0.4, 0.5) is 4.79 Å². The van der Waals surface area contributed by atoms with Crippen LogP contribution in [0.5, 0.6) is 0 Å². The Hall–Kier alpha value is -2.03. The number of hydrogen-bond acceptors (Lipinski definition) is 6. The lowest BCUT2D eigenvalue weighted by Crippen LogP contribution is -2.49. The van der Waals surface area contributed by atoms with Gasteiger partial charge < -0.3 is 5.32 Å². The lowest BCUT2D eigenvalue weighted by atomic mass is 9.98. The smallest absolute Gasteiger partial charge is 0.322 e. The van der Waals surface area contributed by atoms with Crippen molar-refractivity contribution in [3.63, 3.8) is 0 Å². The molecule has 1 aromatic rings. The molecule has 9 nitrogen and oxygen atoms in total. The monoisotopic (exact) mass is 335 g/mol. The summed E-state index contributed by atoms with van der Waals surface area (Å²) in [6.07, 6.45) is 2.73. The summed E-state index contributed by atoms with van der Waals surface area (Å²) in [5.41, 5.74) is -0.789. The summed E-state index contributed by atoms with van der Waals surface area (Å²) in [7, 11) is 0. The molecular weight excluding hydrogens is 310 g/mol. The van der Waals surface area contributed by atoms with E-state index < -0.39 is 5.54 Å². The fourth-order valence-corrected chi connectivity index (χ4v) is 3.43. The Morgan fingerprint density at radius 3 is 2.79 bits per heavy atom. The van der Waals surface area contributed by atoms with Crippen molar-refractivity contribution in [2.45, 2.75) is 64.7 Å². The Kier molecular flexibility index (Phi) is 4.53. The molecule has 3 amide bonds. The Balaban J connectivity index is 1.67. The molecule has 132 valence electrons. The van der Waals surface area contributed by atoms with E-state index >= 15 is 0 Å². The van der Waals surface area contributed by atoms with Crippen LogP contribution in [0.1, 0.15) is 45.9 Å². The van der Waals surface area contributed by atoms with E-state index in [9.17, 15) is 9.59 Å². The third-order valence-electron chi connectivity index (χ3n) is 4.75. The number of urea groups is 1. The number of carbonyl (C=O) groups excluding carboxylic acids is 2. The van der Waals surface area contributed by atoms with E-state index in [1.54, 1.807) is 0 Å². The first-order valence-electron chi connectivity index (χ1n) is 8.60. The second-order valence-electron chi connectivity index (χ2n) is 6.91. The topological polar surface area (TPSA) is 96.2 Å². The molecule has 1 atom stereocenters. The fraction of sp³-hybridized carbons (Fsp3) is 0.800. The van der Waals surface area contributed by atoms with Crippen LogP contribution in [0.3, 0.4) is 0 Å². The van der Waals surface area contributed by atoms with E-state index in [1.165, 1.54) is 4.90 Å². The van der Waals surface area contributed by atoms with Gasteiger partial charge in [-0.3, -0.25) is 14.6 Å². The Morgan fingerprint density at radius 1 is 1.33 bits per heavy atom. The van der Waals surface area contributed by atoms with Gasteiger partial charge in [-0.05, 0) is 37.1 Å². The predicted octanol–water partition coefficient (Wildman–Crippen LogP) is 0.378. The molecule has 1 aromatic heterocycles. The highest BCUT2D eigenvalue weighted by molar-refractivity contribution is 6.07. The average Bonchev–Trinajstić information content (AvgIpc) is 3.18. The third-order valence-corrected chi connectivity index (χ3v) is 4.75. The van der Waals surface area contributed by atoms with Gasteiger partial charge >= 0.3 is 6.03 Å². The van der Waals surface area contributed by atoms with Gasteiger partial charge in [-0.15, -0.1) is 5.10 Å². The normalized spacial score (nSPS) is 24.6. The van der Waals surface area contributed by atoms with Crippen LogP contribution < -0.4 is 5.32 Å². The molecule has 1 spiro atoms. The van der Waals surface area contributed by atoms with E-state index in [4.69, 9.17) is 0 Å². The number of carbonyl (C=O) groups is 2. The molecule has 3 rings (SSSR count). The third kappa shape index (κ3) is 2.88. The molecule has 0 aliphatic carbocycles. The van der Waals surface area contributed by atoms with Crippen molar-refractivity contribution in [3.8, 4) is 0 Å². The maximum atomic E-state index is 12.7. The number of tetrazole rings is 1. The van der Waals surface area contributed by atoms with Gasteiger partial charge in [0.15, 0.2) is 5.82 Å². The first-order valence-corrected chi connectivity index (χ1v) is 8.60. The summed E-state index contributed by atoms with van der Waals surface area (Å²) >= 11 is 0. The van der Waals surface area contributed by atoms with E-state index in [0.717, 1.165) is 31.8 Å². The minimum atomic E-state index is -0.789. The number of nitrogens with one attached hydrogen (secondary N) is 1. The lowest BCUT2D eigenvalue weighted by Gasteiger charge is -2.23. The van der Waals surface area contributed by atoms with Gasteiger partial charge in [0.05, 0.1) is 6.54 Å². The van der Waals surface area contributed by atoms with Gasteiger partial charge in [0.1, 0.15) is 5.54 Å². The van der Waals surface area contributed by atoms with E-state index in [2.05, 4.69) is 32.7 Å². The van der Waals surface area contributed by atoms with Crippen molar-refractivity contribution in [2.75, 3.05) is 13.1 Å². The minimum absolute atomic E-state index is 0.115. The van der Waals surface area contributed by atoms with E-state index in [0.29, 0.717) is 19.5 Å². The zero-order valence-electron chi connectivity index (χ0n) is 14.5. The van der Waals surface area contributed by atoms with Crippen LogP contribution in [0.2, 0.25) is 0 Å². The molecule has 0 saturated carbocycles. The van der Waals surface area contributed by atoms with Crippen molar-refractivity contribution in [2.24, 2.45) is 0 Å². The van der Waals surface area contributed by atoms with Crippen LogP contribution in [0.15, 0.2) is 0 Å². The molecular formula is C15H25N7O2. The number of imide groups is 1. The van der Waals surface area contributed by atoms with Crippen LogP contribution >= 0.6 is 0 Å². The Labute approximate surface area is 141 Å². The fourth-order valence-electron chi connectivity index (χ4n) is 3.43. The molecule has 24 heavy (non-hydrogen) atoms. The summed E-state index contributed by atoms with van der Waals surface area (Å²) in [5.74, 6) is 0.688. The molecule has 0 unspecified atom stereocenters. The van der Waals surface area contributed by atoms with Crippen molar-refractivity contribution < 1.29 is 9.59 Å². The number of aromatic nitrogens is 4. The Morgan fingerprint density at radius 2 is 2.12 bits per heavy atom. The molecule has 3 heterocycles. The number of likely N-dealkylation sites (tertiary alicyclic amines) is 1. The maximum absolute atomic E-state index is 12.7. The van der Waals surface area contributed by atoms with Crippen LogP contribution in [-0.2, 0) is 17.9 Å². The number of amides is 3. The minimum Gasteiger partial charge on any atom is -0.322 e. The first kappa shape index (κ1) is 16.8. The number of hydrogen-bond donors (Lipinski definition) is 1. The largest absolute Gasteiger partial charge is 0.325 e. The summed E-state index contributed by atoms with van der Waals surface area (Å²) in [4.78, 5) is 28.3. The zero-order chi connectivity index (χ0) is 17.3. The van der Waals surface area contributed by atoms with Gasteiger partial charge in [-0.25, -0.2) is 9.48 Å². The summed E-state index contributed by atoms with van der Waals surface area (Å²) in [6, 6.07) is -0.420. The number of nitrogens with zero attached hydrogens (tertiary/aromatic N) is 6. The average molecular weight is 335 g/mol. The van der Waals surface area contributed by atoms with Crippen molar-refractivity contribution in [3.05, 3.63) is 5.82 Å². The van der Waals surface area contributed by atoms with Crippen LogP contribution in [0, 0.1) is 0 Å². The molecule has 0 bridgehead atoms. The number of rotatable bonds is 6. The molecule has 2 aliphatic rings. The quantitative estimate of drug-likeness (QED) is 0.755. The lowest BCUT2D eigenvalue weighted by molar-refractivity contribution is -0.132. The summed E-state index contributed by atoms with van der Waals surface area (Å²) < 4.78 is 1.82. The molecule has 2 saturated heterocycles. The van der Waals surface area contributed by atoms with Gasteiger partial charge in [-0.1, -0.05) is 13.3 Å². The Bertz CT molecular complexity index is 629. The first-order chi connectivity index (χ1) is 11.5. The zero-order valence-corrected chi connectivity index (χ0v) is 14.5. The maximum Gasteiger partial charge on any atom is 0.325 e. The van der Waals surface area contributed by atoms with E-state index in [1.807, 2.05) is 18.5 Å². The van der Waals surface area contributed by atoms with Gasteiger partial charge in [-0.2, -0.15) is 0 Å². The summed E-state index contributed by atoms with van der Waals surface area (Å²) in [6.45, 7) is 8.46. The molecule has 1 N–H and O–H groups in total. The predicted molar refractivity (Wildman–Crippen MR) is 85.9 cm³/mol. The SMILES string of the molecule is CCCCn1nnnc1CN1CC[C@@]2(C1)NC(=O)N(C(C)C)C2=O. The highest BCUT2D eigenvalue weighted by Gasteiger charge is 2.55. The van der Waals surface area contributed by atoms with Crippen molar-refractivity contribution in [1.29, 1.82) is 0 Å². The standard InChI is InChI=1S/C15H25N7O2/c1-4-5-7-21-12(17-18-19-21)9-20-8-6-15(10-20)13(23)22(11(2)3)14(24)16-15/h11H,4-10H2,1-3H3,(H,16,24)/t15-/m0/s1. The van der Waals surface area contributed by atoms with Crippen molar-refractivity contribution >= 4 is 11.9 Å². The highest BCUT2D eigenvalue weighted by Crippen LogP contribution is 2.30. The molecule has 0 radical (unpaired) electrons. The number of unbranched alkanes of at least 4 members (excludes halogenated alkanes) is 1. The highest BCUT2D eigenvalue weighted by atomic mass is 16.2. The van der Waals surface area contributed by atoms with Gasteiger partial charge in [0.2, 0.25) is 0 Å². The summed E-state index contributed by atoms with van der Waals surface area (Å²) in [5, 5.41) is 14.8. The molecule has 9 heteroatoms. The second-order valence-corrected chi connectivity index (χ2v) is 6.91. The number of aryl methyl sites for hydroxylation is 1. The second kappa shape index (κ2) is 6.46. The van der Waals surface area contributed by atoms with Crippen molar-refractivity contribution in [1.82, 2.24) is 35.3 Å². The van der Waals surface area contributed by atoms with Gasteiger partial charge in [0, 0.05) is 25.7 Å². The molecule has 2 aliphatic heterocycles. The molecule has 0 aromatic carbocycles. The van der Waals surface area contributed by atoms with E-state index in [-0.39, 0.29) is 18.0 Å². The van der Waals surface area contributed by atoms with Crippen LogP contribution in [-0.4, -0.2) is 66.6 Å². The van der Waals surface area contributed by atoms with Crippen LogP contribution in [0.25, 0.3) is 0 Å².